The van der Waals surface area contributed by atoms with E-state index in [0.717, 1.165) is 66.4 Å². The Morgan fingerprint density at radius 3 is 2.56 bits per heavy atom. The molecule has 0 atom stereocenters. The Balaban J connectivity index is 1.08. The number of ether oxygens (including phenoxy) is 1. The highest BCUT2D eigenvalue weighted by molar-refractivity contribution is 5.83. The number of nitriles is 1. The molecule has 7 rings (SSSR count). The predicted molar refractivity (Wildman–Crippen MR) is 153 cm³/mol. The van der Waals surface area contributed by atoms with Gasteiger partial charge in [0, 0.05) is 43.0 Å². The van der Waals surface area contributed by atoms with E-state index in [2.05, 4.69) is 71.3 Å². The normalized spacial score (nSPS) is 14.9. The van der Waals surface area contributed by atoms with Gasteiger partial charge in [0.25, 0.3) is 0 Å². The van der Waals surface area contributed by atoms with Crippen molar-refractivity contribution in [1.82, 2.24) is 34.6 Å². The quantitative estimate of drug-likeness (QED) is 0.325. The third-order valence-electron chi connectivity index (χ3n) is 7.60. The first-order valence-electron chi connectivity index (χ1n) is 13.7. The van der Waals surface area contributed by atoms with Crippen molar-refractivity contribution < 1.29 is 4.74 Å². The molecule has 10 heteroatoms. The zero-order valence-corrected chi connectivity index (χ0v) is 22.3. The number of benzene rings is 2. The second kappa shape index (κ2) is 10.8. The van der Waals surface area contributed by atoms with Crippen molar-refractivity contribution in [1.29, 1.82) is 5.26 Å². The first-order valence-corrected chi connectivity index (χ1v) is 13.7. The van der Waals surface area contributed by atoms with Crippen LogP contribution < -0.4 is 10.1 Å². The Kier molecular flexibility index (Phi) is 6.55. The highest BCUT2D eigenvalue weighted by Gasteiger charge is 2.27. The van der Waals surface area contributed by atoms with Crippen LogP contribution in [0.4, 0.5) is 5.82 Å². The van der Waals surface area contributed by atoms with Crippen LogP contribution in [0.5, 0.6) is 5.88 Å². The van der Waals surface area contributed by atoms with E-state index in [1.807, 2.05) is 36.4 Å². The molecule has 0 bridgehead atoms. The van der Waals surface area contributed by atoms with E-state index in [4.69, 9.17) is 15.0 Å². The maximum Gasteiger partial charge on any atom is 0.246 e. The van der Waals surface area contributed by atoms with Crippen LogP contribution in [0, 0.1) is 11.3 Å². The van der Waals surface area contributed by atoms with Gasteiger partial charge in [-0.25, -0.2) is 15.0 Å². The zero-order valence-electron chi connectivity index (χ0n) is 22.3. The number of likely N-dealkylation sites (tertiary alicyclic amines) is 1. The van der Waals surface area contributed by atoms with E-state index in [-0.39, 0.29) is 5.82 Å². The molecular formula is C31H27N9O. The summed E-state index contributed by atoms with van der Waals surface area (Å²) in [5.74, 6) is 2.25. The molecule has 0 spiro atoms. The van der Waals surface area contributed by atoms with E-state index >= 15 is 0 Å². The molecule has 0 unspecified atom stereocenters. The van der Waals surface area contributed by atoms with Crippen LogP contribution in [0.2, 0.25) is 0 Å². The molecule has 0 amide bonds. The zero-order chi connectivity index (χ0) is 27.6. The van der Waals surface area contributed by atoms with Gasteiger partial charge < -0.3 is 10.1 Å². The summed E-state index contributed by atoms with van der Waals surface area (Å²) in [7, 11) is 0. The fraction of sp³-hybridized carbons (Fsp3) is 0.226. The summed E-state index contributed by atoms with van der Waals surface area (Å²) >= 11 is 0. The number of imidazole rings is 1. The Hall–Kier alpha value is -5.14. The van der Waals surface area contributed by atoms with Crippen LogP contribution in [0.3, 0.4) is 0 Å². The maximum absolute atomic E-state index is 9.04. The van der Waals surface area contributed by atoms with Crippen LogP contribution in [0.1, 0.15) is 24.2 Å². The average molecular weight is 542 g/mol. The number of rotatable bonds is 6. The van der Waals surface area contributed by atoms with Crippen LogP contribution in [0.15, 0.2) is 79.1 Å². The van der Waals surface area contributed by atoms with Crippen molar-refractivity contribution in [2.45, 2.75) is 32.2 Å². The summed E-state index contributed by atoms with van der Waals surface area (Å²) in [6.07, 6.45) is 5.31. The summed E-state index contributed by atoms with van der Waals surface area (Å²) in [6, 6.07) is 25.1. The molecule has 41 heavy (non-hydrogen) atoms. The van der Waals surface area contributed by atoms with Crippen molar-refractivity contribution in [2.24, 2.45) is 0 Å². The fourth-order valence-electron chi connectivity index (χ4n) is 5.56. The van der Waals surface area contributed by atoms with Gasteiger partial charge in [0.05, 0.1) is 23.1 Å². The lowest BCUT2D eigenvalue weighted by Crippen LogP contribution is -2.38. The lowest BCUT2D eigenvalue weighted by Gasteiger charge is -2.32. The third-order valence-corrected chi connectivity index (χ3v) is 7.60. The van der Waals surface area contributed by atoms with E-state index in [0.29, 0.717) is 24.5 Å². The topological polar surface area (TPSA) is 118 Å². The monoisotopic (exact) mass is 541 g/mol. The molecule has 1 N–H and O–H groups in total. The van der Waals surface area contributed by atoms with Gasteiger partial charge in [-0.1, -0.05) is 54.6 Å². The molecule has 0 saturated carbocycles. The molecule has 1 fully saturated rings. The van der Waals surface area contributed by atoms with Gasteiger partial charge in [-0.15, -0.1) is 5.10 Å². The SMILES string of the molecule is N#Cc1nccc(NC2CCN(Cc3ccc(-c4nc5n(c4-c4ccccc4)COc4nnccc4-5)cc3)CC2)n1. The molecular weight excluding hydrogens is 514 g/mol. The average Bonchev–Trinajstić information content (AvgIpc) is 3.43. The van der Waals surface area contributed by atoms with Crippen LogP contribution in [-0.2, 0) is 13.3 Å². The number of nitrogens with zero attached hydrogens (tertiary/aromatic N) is 8. The molecule has 0 aliphatic carbocycles. The van der Waals surface area contributed by atoms with E-state index in [9.17, 15) is 0 Å². The summed E-state index contributed by atoms with van der Waals surface area (Å²) in [6.45, 7) is 3.20. The van der Waals surface area contributed by atoms with Crippen LogP contribution >= 0.6 is 0 Å². The second-order valence-electron chi connectivity index (χ2n) is 10.2. The fourth-order valence-corrected chi connectivity index (χ4v) is 5.56. The predicted octanol–water partition coefficient (Wildman–Crippen LogP) is 4.76. The largest absolute Gasteiger partial charge is 0.454 e. The summed E-state index contributed by atoms with van der Waals surface area (Å²) in [5, 5.41) is 20.6. The number of hydrogen-bond acceptors (Lipinski definition) is 9. The minimum Gasteiger partial charge on any atom is -0.454 e. The standard InChI is InChI=1S/C31H27N9O/c32-18-27-33-14-11-26(36-27)35-24-12-16-39(17-13-24)19-21-6-8-22(9-7-21)28-29(23-4-2-1-3-5-23)40-20-41-31-25(30(40)37-28)10-15-34-38-31/h1-11,14-15,24H,12-13,16-17,19-20H2,(H,33,35,36). The smallest absolute Gasteiger partial charge is 0.246 e. The lowest BCUT2D eigenvalue weighted by atomic mass is 10.0. The van der Waals surface area contributed by atoms with Crippen LogP contribution in [0.25, 0.3) is 33.9 Å². The molecule has 0 radical (unpaired) electrons. The van der Waals surface area contributed by atoms with Crippen molar-refractivity contribution in [3.8, 4) is 45.9 Å². The van der Waals surface area contributed by atoms with Gasteiger partial charge in [-0.05, 0) is 30.5 Å². The number of hydrogen-bond donors (Lipinski definition) is 1. The molecule has 1 saturated heterocycles. The number of anilines is 1. The van der Waals surface area contributed by atoms with E-state index < -0.39 is 0 Å². The summed E-state index contributed by atoms with van der Waals surface area (Å²) in [4.78, 5) is 15.8. The Morgan fingerprint density at radius 2 is 1.76 bits per heavy atom. The Labute approximate surface area is 237 Å². The molecule has 5 heterocycles. The third kappa shape index (κ3) is 4.99. The molecule has 10 nitrogen and oxygen atoms in total. The van der Waals surface area contributed by atoms with Crippen molar-refractivity contribution in [3.05, 3.63) is 90.5 Å². The van der Waals surface area contributed by atoms with Gasteiger partial charge in [-0.3, -0.25) is 9.47 Å². The van der Waals surface area contributed by atoms with E-state index in [1.54, 1.807) is 12.4 Å². The van der Waals surface area contributed by atoms with Crippen molar-refractivity contribution in [3.63, 3.8) is 0 Å². The second-order valence-corrected chi connectivity index (χ2v) is 10.2. The minimum absolute atomic E-state index is 0.190. The van der Waals surface area contributed by atoms with Gasteiger partial charge in [0.15, 0.2) is 6.73 Å². The highest BCUT2D eigenvalue weighted by Crippen LogP contribution is 2.40. The highest BCUT2D eigenvalue weighted by atomic mass is 16.5. The summed E-state index contributed by atoms with van der Waals surface area (Å²) in [5.41, 5.74) is 6.20. The molecule has 202 valence electrons. The Bertz CT molecular complexity index is 1720. The van der Waals surface area contributed by atoms with Gasteiger partial charge in [0.1, 0.15) is 17.7 Å². The number of nitrogens with one attached hydrogen (secondary N) is 1. The van der Waals surface area contributed by atoms with Crippen LogP contribution in [-0.4, -0.2) is 53.7 Å². The van der Waals surface area contributed by atoms with Crippen molar-refractivity contribution >= 4 is 5.82 Å². The number of fused-ring (bicyclic) bond motifs is 3. The van der Waals surface area contributed by atoms with Gasteiger partial charge in [0.2, 0.25) is 11.7 Å². The molecule has 2 aliphatic rings. The number of piperidine rings is 1. The summed E-state index contributed by atoms with van der Waals surface area (Å²) < 4.78 is 8.05. The van der Waals surface area contributed by atoms with Gasteiger partial charge in [-0.2, -0.15) is 10.4 Å². The number of aromatic nitrogens is 6. The van der Waals surface area contributed by atoms with Crippen molar-refractivity contribution in [2.75, 3.05) is 18.4 Å². The Morgan fingerprint density at radius 1 is 0.927 bits per heavy atom. The maximum atomic E-state index is 9.04. The molecule has 3 aromatic heterocycles. The molecule has 5 aromatic rings. The first kappa shape index (κ1) is 24.9. The van der Waals surface area contributed by atoms with E-state index in [1.165, 1.54) is 5.56 Å². The molecule has 2 aromatic carbocycles. The van der Waals surface area contributed by atoms with Gasteiger partial charge >= 0.3 is 0 Å². The molecule has 2 aliphatic heterocycles. The minimum atomic E-state index is 0.190. The lowest BCUT2D eigenvalue weighted by molar-refractivity contribution is 0.211. The first-order chi connectivity index (χ1) is 20.2.